The van der Waals surface area contributed by atoms with Crippen LogP contribution in [0.2, 0.25) is 5.02 Å². The van der Waals surface area contributed by atoms with Crippen LogP contribution in [0, 0.1) is 5.92 Å². The van der Waals surface area contributed by atoms with Crippen molar-refractivity contribution in [1.29, 1.82) is 0 Å². The third kappa shape index (κ3) is 5.53. The third-order valence-corrected chi connectivity index (χ3v) is 5.08. The Bertz CT molecular complexity index is 1190. The lowest BCUT2D eigenvalue weighted by Crippen LogP contribution is -2.48. The van der Waals surface area contributed by atoms with Crippen molar-refractivity contribution in [2.45, 2.75) is 26.4 Å². The summed E-state index contributed by atoms with van der Waals surface area (Å²) in [5.41, 5.74) is 9.71. The topological polar surface area (TPSA) is 119 Å². The molecule has 0 aliphatic carbocycles. The second-order valence-electron chi connectivity index (χ2n) is 7.64. The molecule has 166 valence electrons. The van der Waals surface area contributed by atoms with Gasteiger partial charge < -0.3 is 15.6 Å². The Morgan fingerprint density at radius 3 is 2.59 bits per heavy atom. The number of carbonyl (C=O) groups is 3. The lowest BCUT2D eigenvalue weighted by molar-refractivity contribution is -0.124. The number of benzene rings is 2. The van der Waals surface area contributed by atoms with Gasteiger partial charge in [-0.1, -0.05) is 49.7 Å². The van der Waals surface area contributed by atoms with Crippen molar-refractivity contribution in [1.82, 2.24) is 15.3 Å². The number of halogens is 1. The largest absolute Gasteiger partial charge is 0.368 e. The van der Waals surface area contributed by atoms with Gasteiger partial charge in [0.2, 0.25) is 5.91 Å². The van der Waals surface area contributed by atoms with Crippen LogP contribution in [0.1, 0.15) is 29.8 Å². The van der Waals surface area contributed by atoms with E-state index in [9.17, 15) is 14.4 Å². The summed E-state index contributed by atoms with van der Waals surface area (Å²) in [7, 11) is 0. The minimum absolute atomic E-state index is 0.0334. The molecule has 0 spiro atoms. The number of rotatable bonds is 8. The van der Waals surface area contributed by atoms with Gasteiger partial charge in [-0.05, 0) is 30.2 Å². The van der Waals surface area contributed by atoms with E-state index in [4.69, 9.17) is 17.3 Å². The van der Waals surface area contributed by atoms with Gasteiger partial charge in [-0.2, -0.15) is 5.10 Å². The molecule has 1 aromatic heterocycles. The van der Waals surface area contributed by atoms with Crippen molar-refractivity contribution in [2.24, 2.45) is 16.8 Å². The maximum absolute atomic E-state index is 12.7. The summed E-state index contributed by atoms with van der Waals surface area (Å²) in [6.07, 6.45) is 3.24. The van der Waals surface area contributed by atoms with E-state index in [1.54, 1.807) is 29.0 Å². The number of nitrogens with zero attached hydrogens (tertiary/aromatic N) is 2. The highest BCUT2D eigenvalue weighted by atomic mass is 35.5. The van der Waals surface area contributed by atoms with Gasteiger partial charge in [0.15, 0.2) is 0 Å². The molecule has 3 rings (SSSR count). The smallest absolute Gasteiger partial charge is 0.262 e. The number of primary amides is 1. The highest BCUT2D eigenvalue weighted by molar-refractivity contribution is 6.31. The molecule has 1 heterocycles. The number of para-hydroxylation sites is 1. The standard InChI is InChI=1S/C23H24ClN5O3/c1-14(2)21(27-22(31)15-6-5-7-17(24)10-15)23(32)28-26-11-16-12-29(13-20(25)30)19-9-4-3-8-18(16)19/h3-12,14,21H,13H2,1-2H3,(H2,25,30)(H,27,31)(H,28,32)/b26-11-. The summed E-state index contributed by atoms with van der Waals surface area (Å²) >= 11 is 5.94. The van der Waals surface area contributed by atoms with E-state index in [-0.39, 0.29) is 12.5 Å². The van der Waals surface area contributed by atoms with E-state index >= 15 is 0 Å². The van der Waals surface area contributed by atoms with Crippen LogP contribution in [-0.4, -0.2) is 34.5 Å². The van der Waals surface area contributed by atoms with Gasteiger partial charge in [0.05, 0.1) is 6.21 Å². The molecule has 0 saturated carbocycles. The van der Waals surface area contributed by atoms with Gasteiger partial charge in [-0.15, -0.1) is 0 Å². The Morgan fingerprint density at radius 2 is 1.91 bits per heavy atom. The fraction of sp³-hybridized carbons (Fsp3) is 0.217. The second kappa shape index (κ2) is 10.1. The average Bonchev–Trinajstić information content (AvgIpc) is 3.08. The highest BCUT2D eigenvalue weighted by Crippen LogP contribution is 2.20. The number of hydrogen-bond donors (Lipinski definition) is 3. The number of nitrogens with two attached hydrogens (primary N) is 1. The number of amides is 3. The predicted molar refractivity (Wildman–Crippen MR) is 124 cm³/mol. The molecule has 0 bridgehead atoms. The van der Waals surface area contributed by atoms with Crippen LogP contribution in [0.25, 0.3) is 10.9 Å². The Hall–Kier alpha value is -3.65. The number of hydrazone groups is 1. The quantitative estimate of drug-likeness (QED) is 0.359. The van der Waals surface area contributed by atoms with Crippen molar-refractivity contribution in [3.05, 3.63) is 70.9 Å². The summed E-state index contributed by atoms with van der Waals surface area (Å²) in [4.78, 5) is 36.6. The van der Waals surface area contributed by atoms with E-state index in [0.29, 0.717) is 16.1 Å². The van der Waals surface area contributed by atoms with Crippen molar-refractivity contribution < 1.29 is 14.4 Å². The fourth-order valence-corrected chi connectivity index (χ4v) is 3.49. The summed E-state index contributed by atoms with van der Waals surface area (Å²) in [6, 6.07) is 13.2. The normalized spacial score (nSPS) is 12.2. The molecule has 1 unspecified atom stereocenters. The zero-order valence-corrected chi connectivity index (χ0v) is 18.5. The summed E-state index contributed by atoms with van der Waals surface area (Å²) in [5.74, 6) is -1.49. The minimum Gasteiger partial charge on any atom is -0.368 e. The molecule has 1 atom stereocenters. The molecular weight excluding hydrogens is 430 g/mol. The zero-order chi connectivity index (χ0) is 23.3. The number of carbonyl (C=O) groups excluding carboxylic acids is 3. The Morgan fingerprint density at radius 1 is 1.16 bits per heavy atom. The van der Waals surface area contributed by atoms with Gasteiger partial charge in [0, 0.05) is 33.2 Å². The van der Waals surface area contributed by atoms with Crippen molar-refractivity contribution in [3.8, 4) is 0 Å². The van der Waals surface area contributed by atoms with Gasteiger partial charge in [0.1, 0.15) is 12.6 Å². The number of fused-ring (bicyclic) bond motifs is 1. The highest BCUT2D eigenvalue weighted by Gasteiger charge is 2.24. The minimum atomic E-state index is -0.796. The van der Waals surface area contributed by atoms with Gasteiger partial charge in [-0.3, -0.25) is 14.4 Å². The Balaban J connectivity index is 1.73. The van der Waals surface area contributed by atoms with Gasteiger partial charge in [0.25, 0.3) is 11.8 Å². The van der Waals surface area contributed by atoms with Crippen molar-refractivity contribution in [2.75, 3.05) is 0 Å². The second-order valence-corrected chi connectivity index (χ2v) is 8.07. The van der Waals surface area contributed by atoms with E-state index in [1.807, 2.05) is 38.1 Å². The van der Waals surface area contributed by atoms with E-state index in [1.165, 1.54) is 12.3 Å². The zero-order valence-electron chi connectivity index (χ0n) is 17.7. The molecule has 2 aromatic carbocycles. The fourth-order valence-electron chi connectivity index (χ4n) is 3.30. The molecule has 0 aliphatic rings. The monoisotopic (exact) mass is 453 g/mol. The molecule has 0 fully saturated rings. The van der Waals surface area contributed by atoms with Crippen molar-refractivity contribution in [3.63, 3.8) is 0 Å². The van der Waals surface area contributed by atoms with Crippen LogP contribution in [0.4, 0.5) is 0 Å². The first kappa shape index (κ1) is 23.0. The Labute approximate surface area is 190 Å². The summed E-state index contributed by atoms with van der Waals surface area (Å²) in [6.45, 7) is 3.68. The Kier molecular flexibility index (Phi) is 7.27. The maximum Gasteiger partial charge on any atom is 0.262 e. The maximum atomic E-state index is 12.7. The predicted octanol–water partition coefficient (Wildman–Crippen LogP) is 2.68. The summed E-state index contributed by atoms with van der Waals surface area (Å²) in [5, 5.41) is 8.08. The molecule has 0 aliphatic heterocycles. The molecule has 0 saturated heterocycles. The number of nitrogens with one attached hydrogen (secondary N) is 2. The number of aromatic nitrogens is 1. The first-order valence-electron chi connectivity index (χ1n) is 10.0. The molecule has 3 aromatic rings. The van der Waals surface area contributed by atoms with E-state index < -0.39 is 23.8 Å². The van der Waals surface area contributed by atoms with E-state index in [2.05, 4.69) is 15.8 Å². The lowest BCUT2D eigenvalue weighted by atomic mass is 10.0. The lowest BCUT2D eigenvalue weighted by Gasteiger charge is -2.20. The first-order valence-corrected chi connectivity index (χ1v) is 10.4. The molecule has 3 amide bonds. The van der Waals surface area contributed by atoms with Gasteiger partial charge >= 0.3 is 0 Å². The van der Waals surface area contributed by atoms with Crippen LogP contribution in [-0.2, 0) is 16.1 Å². The van der Waals surface area contributed by atoms with Crippen LogP contribution in [0.15, 0.2) is 59.8 Å². The summed E-state index contributed by atoms with van der Waals surface area (Å²) < 4.78 is 1.73. The molecule has 8 nitrogen and oxygen atoms in total. The van der Waals surface area contributed by atoms with Crippen molar-refractivity contribution >= 4 is 46.4 Å². The molecule has 4 N–H and O–H groups in total. The van der Waals surface area contributed by atoms with E-state index in [0.717, 1.165) is 10.9 Å². The molecule has 32 heavy (non-hydrogen) atoms. The average molecular weight is 454 g/mol. The van der Waals surface area contributed by atoms with Crippen LogP contribution in [0.5, 0.6) is 0 Å². The third-order valence-electron chi connectivity index (χ3n) is 4.85. The molecule has 9 heteroatoms. The number of hydrogen-bond acceptors (Lipinski definition) is 4. The SMILES string of the molecule is CC(C)C(NC(=O)c1cccc(Cl)c1)C(=O)N/N=C\c1cn(CC(N)=O)c2ccccc12. The van der Waals surface area contributed by atoms with Crippen LogP contribution in [0.3, 0.4) is 0 Å². The van der Waals surface area contributed by atoms with Crippen LogP contribution >= 0.6 is 11.6 Å². The molecular formula is C23H24ClN5O3. The first-order chi connectivity index (χ1) is 15.3. The van der Waals surface area contributed by atoms with Gasteiger partial charge in [-0.25, -0.2) is 5.43 Å². The molecule has 0 radical (unpaired) electrons. The van der Waals surface area contributed by atoms with Crippen LogP contribution < -0.4 is 16.5 Å².